The lowest BCUT2D eigenvalue weighted by Gasteiger charge is -2.32. The summed E-state index contributed by atoms with van der Waals surface area (Å²) in [6, 6.07) is 8.32. The van der Waals surface area contributed by atoms with Gasteiger partial charge in [-0.3, -0.25) is 4.79 Å². The molecule has 0 bridgehead atoms. The zero-order valence-electron chi connectivity index (χ0n) is 11.6. The monoisotopic (exact) mass is 233 g/mol. The maximum atomic E-state index is 11.6. The molecule has 1 rings (SSSR count). The van der Waals surface area contributed by atoms with Crippen LogP contribution in [0.2, 0.25) is 0 Å². The molecular weight excluding hydrogens is 210 g/mol. The molecule has 1 aromatic carbocycles. The Bertz CT molecular complexity index is 396. The zero-order valence-corrected chi connectivity index (χ0v) is 11.6. The first-order chi connectivity index (χ1) is 7.88. The van der Waals surface area contributed by atoms with Gasteiger partial charge in [-0.1, -0.05) is 32.0 Å². The van der Waals surface area contributed by atoms with Gasteiger partial charge in [-0.25, -0.2) is 0 Å². The summed E-state index contributed by atoms with van der Waals surface area (Å²) in [5.41, 5.74) is 2.19. The quantitative estimate of drug-likeness (QED) is 0.776. The number of hydrogen-bond donors (Lipinski definition) is 0. The Morgan fingerprint density at radius 2 is 1.88 bits per heavy atom. The van der Waals surface area contributed by atoms with Gasteiger partial charge in [0.15, 0.2) is 0 Å². The summed E-state index contributed by atoms with van der Waals surface area (Å²) in [7, 11) is 0. The summed E-state index contributed by atoms with van der Waals surface area (Å²) in [6.45, 7) is 11.6. The SMILES string of the molecule is CCN(CC(C)(C)C(C)=O)c1ccccc1C. The van der Waals surface area contributed by atoms with Crippen LogP contribution in [0.25, 0.3) is 0 Å². The molecular formula is C15H23NO. The molecule has 0 aromatic heterocycles. The molecule has 0 radical (unpaired) electrons. The Balaban J connectivity index is 2.94. The van der Waals surface area contributed by atoms with Crippen molar-refractivity contribution in [1.82, 2.24) is 0 Å². The standard InChI is InChI=1S/C15H23NO/c1-6-16(11-15(4,5)13(3)17)14-10-8-7-9-12(14)2/h7-10H,6,11H2,1-5H3. The summed E-state index contributed by atoms with van der Waals surface area (Å²) >= 11 is 0. The van der Waals surface area contributed by atoms with E-state index in [0.29, 0.717) is 0 Å². The van der Waals surface area contributed by atoms with Crippen molar-refractivity contribution in [3.05, 3.63) is 29.8 Å². The molecule has 0 saturated carbocycles. The molecule has 0 N–H and O–H groups in total. The molecule has 0 heterocycles. The van der Waals surface area contributed by atoms with Crippen molar-refractivity contribution in [2.75, 3.05) is 18.0 Å². The van der Waals surface area contributed by atoms with Gasteiger partial charge in [-0.05, 0) is 32.4 Å². The minimum atomic E-state index is -0.293. The lowest BCUT2D eigenvalue weighted by Crippen LogP contribution is -2.38. The molecule has 0 aliphatic heterocycles. The number of nitrogens with zero attached hydrogens (tertiary/aromatic N) is 1. The van der Waals surface area contributed by atoms with Gasteiger partial charge in [0.25, 0.3) is 0 Å². The normalized spacial score (nSPS) is 11.4. The van der Waals surface area contributed by atoms with E-state index in [4.69, 9.17) is 0 Å². The molecule has 1 aromatic rings. The van der Waals surface area contributed by atoms with Gasteiger partial charge >= 0.3 is 0 Å². The maximum Gasteiger partial charge on any atom is 0.137 e. The third-order valence-electron chi connectivity index (χ3n) is 3.38. The molecule has 0 aliphatic carbocycles. The molecule has 0 atom stereocenters. The number of Topliss-reactive ketones (excluding diaryl/α,β-unsaturated/α-hetero) is 1. The van der Waals surface area contributed by atoms with Gasteiger partial charge in [0.2, 0.25) is 0 Å². The van der Waals surface area contributed by atoms with E-state index in [1.54, 1.807) is 6.92 Å². The lowest BCUT2D eigenvalue weighted by molar-refractivity contribution is -0.124. The fraction of sp³-hybridized carbons (Fsp3) is 0.533. The topological polar surface area (TPSA) is 20.3 Å². The predicted molar refractivity (Wildman–Crippen MR) is 73.5 cm³/mol. The van der Waals surface area contributed by atoms with Gasteiger partial charge in [0.05, 0.1) is 0 Å². The Morgan fingerprint density at radius 1 is 1.29 bits per heavy atom. The van der Waals surface area contributed by atoms with Crippen LogP contribution in [0.3, 0.4) is 0 Å². The zero-order chi connectivity index (χ0) is 13.1. The number of para-hydroxylation sites is 1. The number of aryl methyl sites for hydroxylation is 1. The minimum absolute atomic E-state index is 0.240. The number of hydrogen-bond acceptors (Lipinski definition) is 2. The van der Waals surface area contributed by atoms with E-state index in [0.717, 1.165) is 13.1 Å². The van der Waals surface area contributed by atoms with Crippen LogP contribution in [0.4, 0.5) is 5.69 Å². The number of carbonyl (C=O) groups excluding carboxylic acids is 1. The van der Waals surface area contributed by atoms with E-state index in [9.17, 15) is 4.79 Å². The Labute approximate surface area is 105 Å². The fourth-order valence-electron chi connectivity index (χ4n) is 1.87. The first-order valence-corrected chi connectivity index (χ1v) is 6.20. The fourth-order valence-corrected chi connectivity index (χ4v) is 1.87. The number of rotatable bonds is 5. The maximum absolute atomic E-state index is 11.6. The van der Waals surface area contributed by atoms with Crippen molar-refractivity contribution >= 4 is 11.5 Å². The molecule has 0 unspecified atom stereocenters. The van der Waals surface area contributed by atoms with Crippen LogP contribution in [-0.2, 0) is 4.79 Å². The second-order valence-corrected chi connectivity index (χ2v) is 5.24. The number of anilines is 1. The molecule has 94 valence electrons. The average Bonchev–Trinajstić information content (AvgIpc) is 2.26. The first kappa shape index (κ1) is 13.8. The predicted octanol–water partition coefficient (Wildman–Crippen LogP) is 3.44. The van der Waals surface area contributed by atoms with E-state index < -0.39 is 0 Å². The van der Waals surface area contributed by atoms with E-state index in [2.05, 4.69) is 30.9 Å². The van der Waals surface area contributed by atoms with Crippen LogP contribution in [0.1, 0.15) is 33.3 Å². The Morgan fingerprint density at radius 3 is 2.35 bits per heavy atom. The van der Waals surface area contributed by atoms with E-state index in [-0.39, 0.29) is 11.2 Å². The van der Waals surface area contributed by atoms with Crippen LogP contribution < -0.4 is 4.90 Å². The molecule has 17 heavy (non-hydrogen) atoms. The molecule has 0 saturated heterocycles. The third-order valence-corrected chi connectivity index (χ3v) is 3.38. The lowest BCUT2D eigenvalue weighted by atomic mass is 9.88. The van der Waals surface area contributed by atoms with Crippen LogP contribution in [-0.4, -0.2) is 18.9 Å². The van der Waals surface area contributed by atoms with Crippen molar-refractivity contribution in [3.63, 3.8) is 0 Å². The van der Waals surface area contributed by atoms with Gasteiger partial charge in [-0.15, -0.1) is 0 Å². The number of benzene rings is 1. The van der Waals surface area contributed by atoms with Crippen LogP contribution in [0, 0.1) is 12.3 Å². The molecule has 0 amide bonds. The average molecular weight is 233 g/mol. The molecule has 0 spiro atoms. The summed E-state index contributed by atoms with van der Waals surface area (Å²) in [4.78, 5) is 13.9. The molecule has 0 fully saturated rings. The largest absolute Gasteiger partial charge is 0.371 e. The summed E-state index contributed by atoms with van der Waals surface area (Å²) in [5, 5.41) is 0. The molecule has 2 nitrogen and oxygen atoms in total. The van der Waals surface area contributed by atoms with Crippen molar-refractivity contribution in [1.29, 1.82) is 0 Å². The number of ketones is 1. The summed E-state index contributed by atoms with van der Waals surface area (Å²) < 4.78 is 0. The van der Waals surface area contributed by atoms with E-state index in [1.165, 1.54) is 11.3 Å². The van der Waals surface area contributed by atoms with Gasteiger partial charge in [-0.2, -0.15) is 0 Å². The molecule has 2 heteroatoms. The van der Waals surface area contributed by atoms with E-state index in [1.807, 2.05) is 26.0 Å². The van der Waals surface area contributed by atoms with Gasteiger partial charge < -0.3 is 4.90 Å². The van der Waals surface area contributed by atoms with Crippen LogP contribution >= 0.6 is 0 Å². The highest BCUT2D eigenvalue weighted by Gasteiger charge is 2.26. The van der Waals surface area contributed by atoms with Gasteiger partial charge in [0.1, 0.15) is 5.78 Å². The highest BCUT2D eigenvalue weighted by molar-refractivity contribution is 5.82. The summed E-state index contributed by atoms with van der Waals surface area (Å²) in [5.74, 6) is 0.240. The second kappa shape index (κ2) is 5.35. The second-order valence-electron chi connectivity index (χ2n) is 5.24. The third kappa shape index (κ3) is 3.32. The smallest absolute Gasteiger partial charge is 0.137 e. The van der Waals surface area contributed by atoms with Gasteiger partial charge in [0, 0.05) is 24.2 Å². The van der Waals surface area contributed by atoms with Crippen molar-refractivity contribution in [2.24, 2.45) is 5.41 Å². The Kier molecular flexibility index (Phi) is 4.33. The highest BCUT2D eigenvalue weighted by atomic mass is 16.1. The van der Waals surface area contributed by atoms with Crippen molar-refractivity contribution in [3.8, 4) is 0 Å². The Hall–Kier alpha value is -1.31. The van der Waals surface area contributed by atoms with Crippen molar-refractivity contribution < 1.29 is 4.79 Å². The van der Waals surface area contributed by atoms with E-state index >= 15 is 0 Å². The first-order valence-electron chi connectivity index (χ1n) is 6.20. The van der Waals surface area contributed by atoms with Crippen LogP contribution in [0.15, 0.2) is 24.3 Å². The summed E-state index contributed by atoms with van der Waals surface area (Å²) in [6.07, 6.45) is 0. The van der Waals surface area contributed by atoms with Crippen LogP contribution in [0.5, 0.6) is 0 Å². The number of carbonyl (C=O) groups is 1. The van der Waals surface area contributed by atoms with Crippen molar-refractivity contribution in [2.45, 2.75) is 34.6 Å². The minimum Gasteiger partial charge on any atom is -0.371 e. The molecule has 0 aliphatic rings. The highest BCUT2D eigenvalue weighted by Crippen LogP contribution is 2.25.